The zero-order valence-corrected chi connectivity index (χ0v) is 8.47. The van der Waals surface area contributed by atoms with Crippen LogP contribution in [-0.2, 0) is 9.53 Å². The molecule has 0 atom stereocenters. The van der Waals surface area contributed by atoms with Crippen LogP contribution in [0.4, 0.5) is 0 Å². The Hall–Kier alpha value is -0.860. The highest BCUT2D eigenvalue weighted by molar-refractivity contribution is 5.97. The Balaban J connectivity index is 3.92. The summed E-state index contributed by atoms with van der Waals surface area (Å²) in [6.07, 6.45) is 0.285. The van der Waals surface area contributed by atoms with Gasteiger partial charge in [-0.1, -0.05) is 0 Å². The molecule has 12 heavy (non-hydrogen) atoms. The smallest absolute Gasteiger partial charge is 0.312 e. The topological polar surface area (TPSA) is 38.7 Å². The Morgan fingerprint density at radius 2 is 1.92 bits per heavy atom. The van der Waals surface area contributed by atoms with E-state index < -0.39 is 5.60 Å². The van der Waals surface area contributed by atoms with E-state index >= 15 is 0 Å². The predicted molar refractivity (Wildman–Crippen MR) is 49.5 cm³/mol. The van der Waals surface area contributed by atoms with Crippen molar-refractivity contribution in [3.8, 4) is 0 Å². The van der Waals surface area contributed by atoms with Crippen molar-refractivity contribution in [2.24, 2.45) is 4.99 Å². The molecule has 0 saturated heterocycles. The molecule has 0 fully saturated rings. The summed E-state index contributed by atoms with van der Waals surface area (Å²) >= 11 is 0. The van der Waals surface area contributed by atoms with Crippen LogP contribution in [0.15, 0.2) is 4.99 Å². The van der Waals surface area contributed by atoms with Gasteiger partial charge in [0.05, 0.1) is 6.42 Å². The van der Waals surface area contributed by atoms with Gasteiger partial charge in [-0.3, -0.25) is 9.79 Å². The highest BCUT2D eigenvalue weighted by atomic mass is 16.6. The number of hydrogen-bond donors (Lipinski definition) is 0. The fourth-order valence-electron chi connectivity index (χ4n) is 0.666. The van der Waals surface area contributed by atoms with E-state index in [2.05, 4.69) is 4.99 Å². The van der Waals surface area contributed by atoms with Gasteiger partial charge in [-0.05, 0) is 27.7 Å². The van der Waals surface area contributed by atoms with Gasteiger partial charge in [0, 0.05) is 12.8 Å². The van der Waals surface area contributed by atoms with E-state index in [1.54, 1.807) is 7.05 Å². The van der Waals surface area contributed by atoms with Gasteiger partial charge in [0.25, 0.3) is 0 Å². The van der Waals surface area contributed by atoms with Crippen molar-refractivity contribution >= 4 is 11.7 Å². The largest absolute Gasteiger partial charge is 0.460 e. The maximum absolute atomic E-state index is 11.1. The van der Waals surface area contributed by atoms with Crippen molar-refractivity contribution in [2.75, 3.05) is 7.05 Å². The number of carbonyl (C=O) groups excluding carboxylic acids is 1. The monoisotopic (exact) mass is 171 g/mol. The molecule has 0 heterocycles. The van der Waals surface area contributed by atoms with Crippen LogP contribution in [0.3, 0.4) is 0 Å². The molecule has 3 heteroatoms. The number of rotatable bonds is 2. The molecule has 0 aromatic heterocycles. The van der Waals surface area contributed by atoms with E-state index in [-0.39, 0.29) is 12.4 Å². The second kappa shape index (κ2) is 4.24. The Morgan fingerprint density at radius 1 is 1.42 bits per heavy atom. The van der Waals surface area contributed by atoms with E-state index in [4.69, 9.17) is 4.74 Å². The van der Waals surface area contributed by atoms with Gasteiger partial charge in [-0.25, -0.2) is 0 Å². The Morgan fingerprint density at radius 3 is 2.25 bits per heavy atom. The summed E-state index contributed by atoms with van der Waals surface area (Å²) < 4.78 is 5.09. The van der Waals surface area contributed by atoms with Crippen LogP contribution in [0.2, 0.25) is 0 Å². The Kier molecular flexibility index (Phi) is 3.93. The Labute approximate surface area is 73.8 Å². The minimum Gasteiger partial charge on any atom is -0.460 e. The van der Waals surface area contributed by atoms with E-state index in [9.17, 15) is 4.79 Å². The molecule has 0 aromatic carbocycles. The molecule has 0 saturated carbocycles. The lowest BCUT2D eigenvalue weighted by atomic mass is 10.2. The quantitative estimate of drug-likeness (QED) is 0.469. The summed E-state index contributed by atoms with van der Waals surface area (Å²) in [5.41, 5.74) is 0.398. The summed E-state index contributed by atoms with van der Waals surface area (Å²) in [6, 6.07) is 0. The van der Waals surface area contributed by atoms with Gasteiger partial charge in [-0.2, -0.15) is 0 Å². The molecule has 0 N–H and O–H groups in total. The third-order valence-corrected chi connectivity index (χ3v) is 1.20. The third-order valence-electron chi connectivity index (χ3n) is 1.20. The second-order valence-corrected chi connectivity index (χ2v) is 3.72. The first-order chi connectivity index (χ1) is 5.35. The van der Waals surface area contributed by atoms with Crippen LogP contribution in [0.5, 0.6) is 0 Å². The van der Waals surface area contributed by atoms with Crippen LogP contribution in [-0.4, -0.2) is 24.3 Å². The maximum Gasteiger partial charge on any atom is 0.312 e. The minimum absolute atomic E-state index is 0.217. The number of hydrogen-bond acceptors (Lipinski definition) is 3. The first kappa shape index (κ1) is 11.1. The van der Waals surface area contributed by atoms with Crippen LogP contribution >= 0.6 is 0 Å². The van der Waals surface area contributed by atoms with Crippen LogP contribution in [0, 0.1) is 0 Å². The van der Waals surface area contributed by atoms with Gasteiger partial charge in [-0.15, -0.1) is 0 Å². The van der Waals surface area contributed by atoms with Crippen LogP contribution in [0.25, 0.3) is 0 Å². The van der Waals surface area contributed by atoms with E-state index in [0.717, 1.165) is 5.71 Å². The number of esters is 1. The predicted octanol–water partition coefficient (Wildman–Crippen LogP) is 1.81. The summed E-state index contributed by atoms with van der Waals surface area (Å²) in [6.45, 7) is 7.36. The lowest BCUT2D eigenvalue weighted by Gasteiger charge is -2.19. The van der Waals surface area contributed by atoms with Crippen molar-refractivity contribution in [3.05, 3.63) is 0 Å². The normalized spacial score (nSPS) is 12.9. The van der Waals surface area contributed by atoms with Gasteiger partial charge in [0.15, 0.2) is 0 Å². The molecule has 0 aliphatic carbocycles. The third kappa shape index (κ3) is 5.89. The van der Waals surface area contributed by atoms with Gasteiger partial charge in [0.1, 0.15) is 5.60 Å². The fraction of sp³-hybridized carbons (Fsp3) is 0.778. The number of aliphatic imine (C=N–C) groups is 1. The number of ether oxygens (including phenoxy) is 1. The highest BCUT2D eigenvalue weighted by Gasteiger charge is 2.16. The molecule has 0 rings (SSSR count). The van der Waals surface area contributed by atoms with Crippen molar-refractivity contribution < 1.29 is 9.53 Å². The molecular weight excluding hydrogens is 154 g/mol. The molecule has 0 unspecified atom stereocenters. The molecule has 0 bridgehead atoms. The summed E-state index contributed by atoms with van der Waals surface area (Å²) in [5.74, 6) is -0.217. The van der Waals surface area contributed by atoms with Gasteiger partial charge >= 0.3 is 5.97 Å². The average molecular weight is 171 g/mol. The SMILES string of the molecule is C/N=C(\C)CC(=O)OC(C)(C)C. The summed E-state index contributed by atoms with van der Waals surface area (Å²) in [4.78, 5) is 15.0. The number of nitrogens with zero attached hydrogens (tertiary/aromatic N) is 1. The molecule has 3 nitrogen and oxygen atoms in total. The lowest BCUT2D eigenvalue weighted by Crippen LogP contribution is -2.24. The number of carbonyl (C=O) groups is 1. The van der Waals surface area contributed by atoms with Crippen molar-refractivity contribution in [1.82, 2.24) is 0 Å². The lowest BCUT2D eigenvalue weighted by molar-refractivity contribution is -0.153. The fourth-order valence-corrected chi connectivity index (χ4v) is 0.666. The first-order valence-corrected chi connectivity index (χ1v) is 3.99. The van der Waals surface area contributed by atoms with E-state index in [0.29, 0.717) is 0 Å². The zero-order chi connectivity index (χ0) is 9.78. The molecule has 0 radical (unpaired) electrons. The second-order valence-electron chi connectivity index (χ2n) is 3.72. The van der Waals surface area contributed by atoms with E-state index in [1.165, 1.54) is 0 Å². The van der Waals surface area contributed by atoms with Crippen molar-refractivity contribution in [1.29, 1.82) is 0 Å². The van der Waals surface area contributed by atoms with Gasteiger partial charge in [0.2, 0.25) is 0 Å². The molecule has 0 aliphatic rings. The Bertz CT molecular complexity index is 189. The molecule has 0 amide bonds. The first-order valence-electron chi connectivity index (χ1n) is 3.99. The van der Waals surface area contributed by atoms with Gasteiger partial charge < -0.3 is 4.74 Å². The standard InChI is InChI=1S/C9H17NO2/c1-7(10-5)6-8(11)12-9(2,3)4/h6H2,1-5H3/b10-7+. The molecule has 0 aromatic rings. The summed E-state index contributed by atoms with van der Waals surface area (Å²) in [5, 5.41) is 0. The van der Waals surface area contributed by atoms with Crippen LogP contribution < -0.4 is 0 Å². The van der Waals surface area contributed by atoms with Crippen LogP contribution in [0.1, 0.15) is 34.1 Å². The van der Waals surface area contributed by atoms with E-state index in [1.807, 2.05) is 27.7 Å². The molecule has 70 valence electrons. The molecule has 0 spiro atoms. The maximum atomic E-state index is 11.1. The average Bonchev–Trinajstić information content (AvgIpc) is 1.82. The molecule has 0 aliphatic heterocycles. The minimum atomic E-state index is -0.398. The zero-order valence-electron chi connectivity index (χ0n) is 8.47. The van der Waals surface area contributed by atoms with Crippen molar-refractivity contribution in [2.45, 2.75) is 39.7 Å². The van der Waals surface area contributed by atoms with Crippen molar-refractivity contribution in [3.63, 3.8) is 0 Å². The molecular formula is C9H17NO2. The summed E-state index contributed by atoms with van der Waals surface area (Å²) in [7, 11) is 1.67. The highest BCUT2D eigenvalue weighted by Crippen LogP contribution is 2.08.